The van der Waals surface area contributed by atoms with Gasteiger partial charge < -0.3 is 4.74 Å². The Morgan fingerprint density at radius 2 is 1.65 bits per heavy atom. The van der Waals surface area contributed by atoms with Crippen LogP contribution in [0.2, 0.25) is 0 Å². The molecule has 1 fully saturated rings. The van der Waals surface area contributed by atoms with Crippen LogP contribution in [0.25, 0.3) is 0 Å². The van der Waals surface area contributed by atoms with Crippen LogP contribution in [-0.2, 0) is 22.6 Å². The molecule has 1 aliphatic heterocycles. The van der Waals surface area contributed by atoms with E-state index in [0.717, 1.165) is 37.9 Å². The van der Waals surface area contributed by atoms with Crippen molar-refractivity contribution in [3.05, 3.63) is 71.8 Å². The number of carbonyl (C=O) groups is 1. The molecule has 1 heterocycles. The first-order valence-corrected chi connectivity index (χ1v) is 8.31. The zero-order chi connectivity index (χ0) is 15.9. The Morgan fingerprint density at radius 1 is 1.00 bits per heavy atom. The van der Waals surface area contributed by atoms with Gasteiger partial charge in [0.2, 0.25) is 0 Å². The summed E-state index contributed by atoms with van der Waals surface area (Å²) in [5, 5.41) is 0. The first-order chi connectivity index (χ1) is 11.3. The molecule has 0 aliphatic carbocycles. The summed E-state index contributed by atoms with van der Waals surface area (Å²) in [6, 6.07) is 20.2. The zero-order valence-corrected chi connectivity index (χ0v) is 13.4. The van der Waals surface area contributed by atoms with Gasteiger partial charge in [-0.15, -0.1) is 0 Å². The molecule has 0 spiro atoms. The van der Waals surface area contributed by atoms with E-state index in [9.17, 15) is 4.79 Å². The molecule has 0 N–H and O–H groups in total. The summed E-state index contributed by atoms with van der Waals surface area (Å²) >= 11 is 0. The fraction of sp³-hybridized carbons (Fsp3) is 0.350. The van der Waals surface area contributed by atoms with Crippen molar-refractivity contribution in [1.29, 1.82) is 0 Å². The Labute approximate surface area is 137 Å². The van der Waals surface area contributed by atoms with Crippen LogP contribution >= 0.6 is 0 Å². The second-order valence-electron chi connectivity index (χ2n) is 6.02. The molecule has 2 aromatic carbocycles. The first kappa shape index (κ1) is 15.8. The van der Waals surface area contributed by atoms with Crippen LogP contribution in [0.1, 0.15) is 24.0 Å². The molecule has 0 aromatic heterocycles. The van der Waals surface area contributed by atoms with Gasteiger partial charge in [-0.25, -0.2) is 0 Å². The molecule has 2 aromatic rings. The number of rotatable bonds is 6. The third-order valence-electron chi connectivity index (χ3n) is 4.39. The van der Waals surface area contributed by atoms with Crippen molar-refractivity contribution in [1.82, 2.24) is 4.90 Å². The van der Waals surface area contributed by atoms with Gasteiger partial charge in [-0.3, -0.25) is 9.69 Å². The van der Waals surface area contributed by atoms with Crippen molar-refractivity contribution >= 4 is 5.97 Å². The summed E-state index contributed by atoms with van der Waals surface area (Å²) in [7, 11) is 0. The van der Waals surface area contributed by atoms with Gasteiger partial charge in [0.05, 0.1) is 0 Å². The van der Waals surface area contributed by atoms with Crippen LogP contribution in [0.4, 0.5) is 0 Å². The minimum atomic E-state index is -0.0839. The predicted molar refractivity (Wildman–Crippen MR) is 91.0 cm³/mol. The van der Waals surface area contributed by atoms with Crippen LogP contribution in [0.5, 0.6) is 0 Å². The number of ether oxygens (including phenoxy) is 1. The predicted octanol–water partition coefficient (Wildman–Crippen LogP) is 3.44. The molecule has 3 heteroatoms. The minimum Gasteiger partial charge on any atom is -0.460 e. The zero-order valence-electron chi connectivity index (χ0n) is 13.4. The smallest absolute Gasteiger partial charge is 0.323 e. The number of esters is 1. The van der Waals surface area contributed by atoms with E-state index in [-0.39, 0.29) is 12.0 Å². The molecule has 0 bridgehead atoms. The van der Waals surface area contributed by atoms with Crippen LogP contribution in [0, 0.1) is 0 Å². The molecule has 0 radical (unpaired) electrons. The quantitative estimate of drug-likeness (QED) is 0.766. The lowest BCUT2D eigenvalue weighted by Gasteiger charge is -2.23. The number of likely N-dealkylation sites (tertiary alicyclic amines) is 1. The van der Waals surface area contributed by atoms with Crippen molar-refractivity contribution in [2.24, 2.45) is 0 Å². The Bertz CT molecular complexity index is 612. The van der Waals surface area contributed by atoms with Gasteiger partial charge in [-0.1, -0.05) is 60.7 Å². The fourth-order valence-electron chi connectivity index (χ4n) is 3.10. The maximum Gasteiger partial charge on any atom is 0.323 e. The van der Waals surface area contributed by atoms with Gasteiger partial charge >= 0.3 is 5.97 Å². The number of nitrogens with zero attached hydrogens (tertiary/aromatic N) is 1. The average molecular weight is 309 g/mol. The van der Waals surface area contributed by atoms with E-state index < -0.39 is 0 Å². The third kappa shape index (κ3) is 4.42. The van der Waals surface area contributed by atoms with Crippen molar-refractivity contribution < 1.29 is 9.53 Å². The van der Waals surface area contributed by atoms with E-state index in [1.165, 1.54) is 5.56 Å². The minimum absolute atomic E-state index is 0.0811. The lowest BCUT2D eigenvalue weighted by molar-refractivity contribution is -0.150. The molecule has 3 nitrogen and oxygen atoms in total. The van der Waals surface area contributed by atoms with E-state index >= 15 is 0 Å². The van der Waals surface area contributed by atoms with Crippen molar-refractivity contribution in [3.63, 3.8) is 0 Å². The van der Waals surface area contributed by atoms with E-state index in [1.54, 1.807) is 0 Å². The Morgan fingerprint density at radius 3 is 2.35 bits per heavy atom. The third-order valence-corrected chi connectivity index (χ3v) is 4.39. The molecule has 0 amide bonds. The van der Waals surface area contributed by atoms with Crippen LogP contribution in [0.15, 0.2) is 60.7 Å². The standard InChI is InChI=1S/C20H23NO2/c22-20(23-16-18-10-5-2-6-11-18)19-12-7-14-21(19)15-13-17-8-3-1-4-9-17/h1-6,8-11,19H,7,12-16H2/t19-/m0/s1. The van der Waals surface area contributed by atoms with Gasteiger partial charge in [0.15, 0.2) is 0 Å². The molecule has 1 saturated heterocycles. The molecule has 3 rings (SSSR count). The van der Waals surface area contributed by atoms with Crippen LogP contribution < -0.4 is 0 Å². The largest absolute Gasteiger partial charge is 0.460 e. The van der Waals surface area contributed by atoms with Gasteiger partial charge in [0, 0.05) is 6.54 Å². The summed E-state index contributed by atoms with van der Waals surface area (Å²) in [6.07, 6.45) is 2.95. The highest BCUT2D eigenvalue weighted by Gasteiger charge is 2.31. The number of carbonyl (C=O) groups excluding carboxylic acids is 1. The number of hydrogen-bond donors (Lipinski definition) is 0. The Hall–Kier alpha value is -2.13. The maximum atomic E-state index is 12.4. The van der Waals surface area contributed by atoms with Crippen molar-refractivity contribution in [2.75, 3.05) is 13.1 Å². The lowest BCUT2D eigenvalue weighted by atomic mass is 10.1. The van der Waals surface area contributed by atoms with E-state index in [4.69, 9.17) is 4.74 Å². The molecule has 0 saturated carbocycles. The summed E-state index contributed by atoms with van der Waals surface area (Å²) < 4.78 is 5.51. The highest BCUT2D eigenvalue weighted by Crippen LogP contribution is 2.19. The first-order valence-electron chi connectivity index (χ1n) is 8.31. The average Bonchev–Trinajstić information content (AvgIpc) is 3.08. The Balaban J connectivity index is 1.50. The Kier molecular flexibility index (Phi) is 5.43. The summed E-state index contributed by atoms with van der Waals surface area (Å²) in [6.45, 7) is 2.26. The molecule has 120 valence electrons. The van der Waals surface area contributed by atoms with Crippen molar-refractivity contribution in [3.8, 4) is 0 Å². The fourth-order valence-corrected chi connectivity index (χ4v) is 3.10. The highest BCUT2D eigenvalue weighted by atomic mass is 16.5. The maximum absolute atomic E-state index is 12.4. The van der Waals surface area contributed by atoms with Gasteiger partial charge in [-0.2, -0.15) is 0 Å². The highest BCUT2D eigenvalue weighted by molar-refractivity contribution is 5.76. The van der Waals surface area contributed by atoms with Crippen LogP contribution in [0.3, 0.4) is 0 Å². The normalized spacial score (nSPS) is 18.0. The van der Waals surface area contributed by atoms with Gasteiger partial charge in [0.1, 0.15) is 12.6 Å². The van der Waals surface area contributed by atoms with E-state index in [0.29, 0.717) is 6.61 Å². The van der Waals surface area contributed by atoms with Crippen molar-refractivity contribution in [2.45, 2.75) is 31.9 Å². The SMILES string of the molecule is O=C(OCc1ccccc1)[C@@H]1CCCN1CCc1ccccc1. The molecule has 1 aliphatic rings. The second kappa shape index (κ2) is 7.93. The van der Waals surface area contributed by atoms with E-state index in [2.05, 4.69) is 29.2 Å². The van der Waals surface area contributed by atoms with Crippen LogP contribution in [-0.4, -0.2) is 30.0 Å². The molecule has 0 unspecified atom stereocenters. The van der Waals surface area contributed by atoms with Gasteiger partial charge in [-0.05, 0) is 36.9 Å². The second-order valence-corrected chi connectivity index (χ2v) is 6.02. The summed E-state index contributed by atoms with van der Waals surface area (Å²) in [5.74, 6) is -0.0839. The lowest BCUT2D eigenvalue weighted by Crippen LogP contribution is -2.38. The number of benzene rings is 2. The molecular weight excluding hydrogens is 286 g/mol. The van der Waals surface area contributed by atoms with Gasteiger partial charge in [0.25, 0.3) is 0 Å². The summed E-state index contributed by atoms with van der Waals surface area (Å²) in [4.78, 5) is 14.6. The van der Waals surface area contributed by atoms with E-state index in [1.807, 2.05) is 36.4 Å². The molecular formula is C20H23NO2. The molecule has 23 heavy (non-hydrogen) atoms. The monoisotopic (exact) mass is 309 g/mol. The number of hydrogen-bond acceptors (Lipinski definition) is 3. The topological polar surface area (TPSA) is 29.5 Å². The summed E-state index contributed by atoms with van der Waals surface area (Å²) in [5.41, 5.74) is 2.35. The molecule has 1 atom stereocenters.